The number of hydrogen-bond acceptors (Lipinski definition) is 2. The van der Waals surface area contributed by atoms with E-state index in [-0.39, 0.29) is 31.7 Å². The summed E-state index contributed by atoms with van der Waals surface area (Å²) in [5.74, 6) is 0. The van der Waals surface area contributed by atoms with Crippen LogP contribution in [0.15, 0.2) is 12.1 Å². The van der Waals surface area contributed by atoms with Gasteiger partial charge >= 0.3 is 6.18 Å². The van der Waals surface area contributed by atoms with E-state index in [1.807, 2.05) is 6.92 Å². The van der Waals surface area contributed by atoms with Crippen molar-refractivity contribution in [3.63, 3.8) is 0 Å². The van der Waals surface area contributed by atoms with Crippen molar-refractivity contribution in [1.29, 1.82) is 0 Å². The second-order valence-electron chi connectivity index (χ2n) is 4.36. The van der Waals surface area contributed by atoms with Crippen molar-refractivity contribution in [2.45, 2.75) is 19.5 Å². The molecule has 0 saturated carbocycles. The van der Waals surface area contributed by atoms with E-state index in [0.717, 1.165) is 12.5 Å². The quantitative estimate of drug-likeness (QED) is 0.678. The first kappa shape index (κ1) is 16.5. The average molecular weight is 358 g/mol. The van der Waals surface area contributed by atoms with Crippen LogP contribution >= 0.6 is 34.8 Å². The molecular weight excluding hydrogens is 348 g/mol. The van der Waals surface area contributed by atoms with Gasteiger partial charge in [-0.2, -0.15) is 13.2 Å². The fourth-order valence-electron chi connectivity index (χ4n) is 1.85. The van der Waals surface area contributed by atoms with E-state index in [0.29, 0.717) is 6.54 Å². The maximum Gasteiger partial charge on any atom is 0.433 e. The zero-order valence-electron chi connectivity index (χ0n) is 10.8. The van der Waals surface area contributed by atoms with Crippen molar-refractivity contribution in [3.05, 3.63) is 32.9 Å². The number of pyridine rings is 1. The third kappa shape index (κ3) is 3.30. The Kier molecular flexibility index (Phi) is 4.76. The highest BCUT2D eigenvalue weighted by Crippen LogP contribution is 2.41. The first-order chi connectivity index (χ1) is 9.75. The smallest absolute Gasteiger partial charge is 0.384 e. The van der Waals surface area contributed by atoms with Crippen LogP contribution in [0.3, 0.4) is 0 Å². The van der Waals surface area contributed by atoms with Gasteiger partial charge in [0, 0.05) is 17.6 Å². The highest BCUT2D eigenvalue weighted by Gasteiger charge is 2.34. The van der Waals surface area contributed by atoms with Gasteiger partial charge in [0.15, 0.2) is 0 Å². The van der Waals surface area contributed by atoms with Gasteiger partial charge in [-0.15, -0.1) is 0 Å². The molecule has 2 nitrogen and oxygen atoms in total. The van der Waals surface area contributed by atoms with Crippen molar-refractivity contribution in [2.75, 3.05) is 11.9 Å². The molecule has 0 atom stereocenters. The number of nitrogens with zero attached hydrogens (tertiary/aromatic N) is 1. The van der Waals surface area contributed by atoms with Crippen molar-refractivity contribution in [3.8, 4) is 0 Å². The molecule has 21 heavy (non-hydrogen) atoms. The van der Waals surface area contributed by atoms with Crippen LogP contribution in [0.4, 0.5) is 18.9 Å². The van der Waals surface area contributed by atoms with Crippen LogP contribution in [0, 0.1) is 0 Å². The Morgan fingerprint density at radius 3 is 2.38 bits per heavy atom. The number of benzene rings is 1. The maximum absolute atomic E-state index is 12.9. The van der Waals surface area contributed by atoms with Gasteiger partial charge in [0.2, 0.25) is 0 Å². The Balaban J connectivity index is 2.81. The highest BCUT2D eigenvalue weighted by atomic mass is 35.5. The summed E-state index contributed by atoms with van der Waals surface area (Å²) in [6.07, 6.45) is -3.84. The molecule has 2 aromatic rings. The molecule has 0 aliphatic rings. The second kappa shape index (κ2) is 6.07. The number of anilines is 1. The molecule has 1 heterocycles. The summed E-state index contributed by atoms with van der Waals surface area (Å²) >= 11 is 18.0. The van der Waals surface area contributed by atoms with Crippen molar-refractivity contribution in [2.24, 2.45) is 0 Å². The summed E-state index contributed by atoms with van der Waals surface area (Å²) in [7, 11) is 0. The third-order valence-corrected chi connectivity index (χ3v) is 3.86. The Hall–Kier alpha value is -0.910. The second-order valence-corrected chi connectivity index (χ2v) is 5.55. The van der Waals surface area contributed by atoms with Crippen LogP contribution in [0.25, 0.3) is 10.9 Å². The van der Waals surface area contributed by atoms with Crippen molar-refractivity contribution < 1.29 is 13.2 Å². The van der Waals surface area contributed by atoms with Crippen molar-refractivity contribution >= 4 is 51.4 Å². The standard InChI is InChI=1S/C13H10Cl3F3N2/c1-2-3-20-8-5-9(13(17,18)19)21-12-7(15)4-6(14)11(16)10(8)12/h4-5H,2-3H2,1H3,(H,20,21). The minimum Gasteiger partial charge on any atom is -0.384 e. The molecule has 0 spiro atoms. The lowest BCUT2D eigenvalue weighted by Crippen LogP contribution is -2.10. The Morgan fingerprint density at radius 1 is 1.14 bits per heavy atom. The van der Waals surface area contributed by atoms with Gasteiger partial charge in [-0.25, -0.2) is 4.98 Å². The normalized spacial score (nSPS) is 12.0. The average Bonchev–Trinajstić information content (AvgIpc) is 2.40. The maximum atomic E-state index is 12.9. The molecule has 0 bridgehead atoms. The molecule has 0 aliphatic carbocycles. The van der Waals surface area contributed by atoms with Crippen LogP contribution in [-0.2, 0) is 6.18 Å². The molecule has 2 rings (SSSR count). The summed E-state index contributed by atoms with van der Waals surface area (Å²) in [5.41, 5.74) is -0.850. The summed E-state index contributed by atoms with van der Waals surface area (Å²) < 4.78 is 38.8. The predicted molar refractivity (Wildman–Crippen MR) is 80.6 cm³/mol. The minimum atomic E-state index is -4.58. The minimum absolute atomic E-state index is 0.0186. The Morgan fingerprint density at radius 2 is 1.81 bits per heavy atom. The van der Waals surface area contributed by atoms with E-state index < -0.39 is 11.9 Å². The number of fused-ring (bicyclic) bond motifs is 1. The predicted octanol–water partition coefficient (Wildman–Crippen LogP) is 6.04. The molecule has 1 aromatic heterocycles. The van der Waals surface area contributed by atoms with Crippen LogP contribution in [0.5, 0.6) is 0 Å². The van der Waals surface area contributed by atoms with Gasteiger partial charge in [-0.3, -0.25) is 0 Å². The number of hydrogen-bond donors (Lipinski definition) is 1. The Bertz CT molecular complexity index is 687. The molecule has 0 saturated heterocycles. The van der Waals surface area contributed by atoms with Crippen molar-refractivity contribution in [1.82, 2.24) is 4.98 Å². The topological polar surface area (TPSA) is 24.9 Å². The zero-order chi connectivity index (χ0) is 15.8. The third-order valence-electron chi connectivity index (χ3n) is 2.78. The number of aromatic nitrogens is 1. The molecule has 1 N–H and O–H groups in total. The molecular formula is C13H10Cl3F3N2. The SMILES string of the molecule is CCCNc1cc(C(F)(F)F)nc2c(Cl)cc(Cl)c(Cl)c12. The van der Waals surface area contributed by atoms with Gasteiger partial charge < -0.3 is 5.32 Å². The van der Waals surface area contributed by atoms with Crippen LogP contribution in [0.2, 0.25) is 15.1 Å². The summed E-state index contributed by atoms with van der Waals surface area (Å²) in [6, 6.07) is 2.20. The van der Waals surface area contributed by atoms with E-state index >= 15 is 0 Å². The fraction of sp³-hybridized carbons (Fsp3) is 0.308. The molecule has 0 amide bonds. The first-order valence-corrected chi connectivity index (χ1v) is 7.18. The molecule has 1 aromatic carbocycles. The largest absolute Gasteiger partial charge is 0.433 e. The zero-order valence-corrected chi connectivity index (χ0v) is 13.1. The van der Waals surface area contributed by atoms with Gasteiger partial charge in [-0.1, -0.05) is 41.7 Å². The summed E-state index contributed by atoms with van der Waals surface area (Å²) in [5, 5.41) is 3.49. The van der Waals surface area contributed by atoms with Crippen LogP contribution in [-0.4, -0.2) is 11.5 Å². The molecule has 114 valence electrons. The summed E-state index contributed by atoms with van der Waals surface area (Å²) in [4.78, 5) is 3.58. The lowest BCUT2D eigenvalue weighted by Gasteiger charge is -2.15. The van der Waals surface area contributed by atoms with E-state index in [4.69, 9.17) is 34.8 Å². The molecule has 0 fully saturated rings. The summed E-state index contributed by atoms with van der Waals surface area (Å²) in [6.45, 7) is 2.37. The molecule has 0 radical (unpaired) electrons. The highest BCUT2D eigenvalue weighted by molar-refractivity contribution is 6.48. The number of alkyl halides is 3. The number of halogens is 6. The van der Waals surface area contributed by atoms with E-state index in [1.165, 1.54) is 6.07 Å². The van der Waals surface area contributed by atoms with Gasteiger partial charge in [0.1, 0.15) is 5.69 Å². The van der Waals surface area contributed by atoms with Gasteiger partial charge in [0.05, 0.1) is 20.6 Å². The first-order valence-electron chi connectivity index (χ1n) is 6.05. The molecule has 0 aliphatic heterocycles. The van der Waals surface area contributed by atoms with Crippen LogP contribution in [0.1, 0.15) is 19.0 Å². The van der Waals surface area contributed by atoms with Gasteiger partial charge in [0.25, 0.3) is 0 Å². The van der Waals surface area contributed by atoms with E-state index in [1.54, 1.807) is 0 Å². The number of nitrogens with one attached hydrogen (secondary N) is 1. The Labute approximate surface area is 134 Å². The van der Waals surface area contributed by atoms with Gasteiger partial charge in [-0.05, 0) is 18.6 Å². The van der Waals surface area contributed by atoms with E-state index in [9.17, 15) is 13.2 Å². The molecule has 8 heteroatoms. The molecule has 0 unspecified atom stereocenters. The van der Waals surface area contributed by atoms with E-state index in [2.05, 4.69) is 10.3 Å². The fourth-order valence-corrected chi connectivity index (χ4v) is 2.60. The lowest BCUT2D eigenvalue weighted by molar-refractivity contribution is -0.140. The number of rotatable bonds is 3. The monoisotopic (exact) mass is 356 g/mol. The lowest BCUT2D eigenvalue weighted by atomic mass is 10.1. The van der Waals surface area contributed by atoms with Crippen LogP contribution < -0.4 is 5.32 Å².